The van der Waals surface area contributed by atoms with E-state index in [0.29, 0.717) is 35.3 Å². The lowest BCUT2D eigenvalue weighted by Gasteiger charge is -2.09. The highest BCUT2D eigenvalue weighted by atomic mass is 19.1. The van der Waals surface area contributed by atoms with Gasteiger partial charge in [-0.1, -0.05) is 12.1 Å². The van der Waals surface area contributed by atoms with Crippen LogP contribution in [0.15, 0.2) is 30.6 Å². The maximum Gasteiger partial charge on any atom is 0.240 e. The smallest absolute Gasteiger partial charge is 0.240 e. The largest absolute Gasteiger partial charge is 0.479 e. The number of halogens is 1. The lowest BCUT2D eigenvalue weighted by molar-refractivity contribution is 0.397. The SMILES string of the molecule is COc1nccnc1-c1ccc(CNC2CC2)c(F)c1. The van der Waals surface area contributed by atoms with E-state index < -0.39 is 0 Å². The fraction of sp³-hybridized carbons (Fsp3) is 0.333. The second-order valence-electron chi connectivity index (χ2n) is 4.88. The van der Waals surface area contributed by atoms with Gasteiger partial charge in [0.25, 0.3) is 0 Å². The minimum absolute atomic E-state index is 0.233. The molecule has 104 valence electrons. The molecule has 3 rings (SSSR count). The molecule has 0 amide bonds. The van der Waals surface area contributed by atoms with Crippen LogP contribution < -0.4 is 10.1 Å². The van der Waals surface area contributed by atoms with Gasteiger partial charge in [0.1, 0.15) is 11.5 Å². The molecule has 5 heteroatoms. The molecule has 0 radical (unpaired) electrons. The molecular weight excluding hydrogens is 257 g/mol. The summed E-state index contributed by atoms with van der Waals surface area (Å²) in [7, 11) is 1.53. The lowest BCUT2D eigenvalue weighted by atomic mass is 10.1. The van der Waals surface area contributed by atoms with Gasteiger partial charge in [0.05, 0.1) is 7.11 Å². The van der Waals surface area contributed by atoms with Gasteiger partial charge in [-0.3, -0.25) is 0 Å². The van der Waals surface area contributed by atoms with Gasteiger partial charge in [0.15, 0.2) is 0 Å². The van der Waals surface area contributed by atoms with Gasteiger partial charge in [-0.2, -0.15) is 0 Å². The number of hydrogen-bond donors (Lipinski definition) is 1. The standard InChI is InChI=1S/C15H16FN3O/c1-20-15-14(17-6-7-18-15)10-2-3-11(13(16)8-10)9-19-12-4-5-12/h2-3,6-8,12,19H,4-5,9H2,1H3. The number of ether oxygens (including phenoxy) is 1. The van der Waals surface area contributed by atoms with E-state index in [0.717, 1.165) is 0 Å². The van der Waals surface area contributed by atoms with Crippen molar-refractivity contribution in [3.63, 3.8) is 0 Å². The zero-order valence-electron chi connectivity index (χ0n) is 11.3. The van der Waals surface area contributed by atoms with E-state index in [1.54, 1.807) is 18.5 Å². The number of rotatable bonds is 5. The normalized spacial score (nSPS) is 14.3. The molecule has 2 aromatic rings. The van der Waals surface area contributed by atoms with Crippen molar-refractivity contribution in [2.24, 2.45) is 0 Å². The van der Waals surface area contributed by atoms with Crippen molar-refractivity contribution in [2.45, 2.75) is 25.4 Å². The first kappa shape index (κ1) is 13.0. The van der Waals surface area contributed by atoms with Gasteiger partial charge >= 0.3 is 0 Å². The Bertz CT molecular complexity index is 614. The van der Waals surface area contributed by atoms with E-state index in [-0.39, 0.29) is 5.82 Å². The number of nitrogens with one attached hydrogen (secondary N) is 1. The summed E-state index contributed by atoms with van der Waals surface area (Å²) < 4.78 is 19.3. The van der Waals surface area contributed by atoms with Gasteiger partial charge in [0, 0.05) is 36.1 Å². The molecule has 0 spiro atoms. The van der Waals surface area contributed by atoms with Crippen LogP contribution in [0.3, 0.4) is 0 Å². The third-order valence-electron chi connectivity index (χ3n) is 3.34. The molecule has 1 saturated carbocycles. The summed E-state index contributed by atoms with van der Waals surface area (Å²) in [5, 5.41) is 3.30. The summed E-state index contributed by atoms with van der Waals surface area (Å²) >= 11 is 0. The minimum atomic E-state index is -0.233. The maximum absolute atomic E-state index is 14.1. The van der Waals surface area contributed by atoms with E-state index >= 15 is 0 Å². The molecule has 1 aliphatic carbocycles. The second kappa shape index (κ2) is 5.54. The average molecular weight is 273 g/mol. The predicted molar refractivity (Wildman–Crippen MR) is 73.8 cm³/mol. The first-order valence-electron chi connectivity index (χ1n) is 6.65. The fourth-order valence-corrected chi connectivity index (χ4v) is 2.05. The first-order chi connectivity index (χ1) is 9.78. The Balaban J connectivity index is 1.85. The number of nitrogens with zero attached hydrogens (tertiary/aromatic N) is 2. The summed E-state index contributed by atoms with van der Waals surface area (Å²) in [6.45, 7) is 0.564. The molecule has 20 heavy (non-hydrogen) atoms. The molecule has 0 saturated heterocycles. The van der Waals surface area contributed by atoms with Crippen LogP contribution in [0, 0.1) is 5.82 Å². The molecule has 1 fully saturated rings. The van der Waals surface area contributed by atoms with Crippen LogP contribution in [0.4, 0.5) is 4.39 Å². The van der Waals surface area contributed by atoms with Crippen molar-refractivity contribution in [2.75, 3.05) is 7.11 Å². The van der Waals surface area contributed by atoms with Crippen molar-refractivity contribution in [1.29, 1.82) is 0 Å². The van der Waals surface area contributed by atoms with Crippen molar-refractivity contribution in [1.82, 2.24) is 15.3 Å². The Morgan fingerprint density at radius 3 is 2.80 bits per heavy atom. The lowest BCUT2D eigenvalue weighted by Crippen LogP contribution is -2.16. The van der Waals surface area contributed by atoms with E-state index in [9.17, 15) is 4.39 Å². The van der Waals surface area contributed by atoms with Gasteiger partial charge in [-0.05, 0) is 18.9 Å². The molecular formula is C15H16FN3O. The van der Waals surface area contributed by atoms with Gasteiger partial charge in [-0.25, -0.2) is 14.4 Å². The highest BCUT2D eigenvalue weighted by molar-refractivity contribution is 5.64. The Morgan fingerprint density at radius 1 is 1.30 bits per heavy atom. The molecule has 4 nitrogen and oxygen atoms in total. The van der Waals surface area contributed by atoms with E-state index in [1.807, 2.05) is 6.07 Å². The van der Waals surface area contributed by atoms with Crippen LogP contribution >= 0.6 is 0 Å². The number of benzene rings is 1. The van der Waals surface area contributed by atoms with Crippen molar-refractivity contribution >= 4 is 0 Å². The fourth-order valence-electron chi connectivity index (χ4n) is 2.05. The quantitative estimate of drug-likeness (QED) is 0.909. The van der Waals surface area contributed by atoms with Crippen LogP contribution in [-0.2, 0) is 6.54 Å². The third kappa shape index (κ3) is 2.77. The number of hydrogen-bond acceptors (Lipinski definition) is 4. The summed E-state index contributed by atoms with van der Waals surface area (Å²) in [4.78, 5) is 8.28. The van der Waals surface area contributed by atoms with Crippen LogP contribution in [0.2, 0.25) is 0 Å². The molecule has 0 bridgehead atoms. The Kier molecular flexibility index (Phi) is 3.60. The molecule has 1 N–H and O–H groups in total. The van der Waals surface area contributed by atoms with Crippen molar-refractivity contribution < 1.29 is 9.13 Å². The molecule has 1 heterocycles. The van der Waals surface area contributed by atoms with E-state index in [2.05, 4.69) is 15.3 Å². The summed E-state index contributed by atoms with van der Waals surface area (Å²) in [6, 6.07) is 5.68. The zero-order valence-corrected chi connectivity index (χ0v) is 11.3. The molecule has 1 aliphatic rings. The minimum Gasteiger partial charge on any atom is -0.479 e. The molecule has 1 aromatic carbocycles. The van der Waals surface area contributed by atoms with Crippen molar-refractivity contribution in [3.05, 3.63) is 42.0 Å². The average Bonchev–Trinajstić information content (AvgIpc) is 3.30. The van der Waals surface area contributed by atoms with Crippen LogP contribution in [0.5, 0.6) is 5.88 Å². The first-order valence-corrected chi connectivity index (χ1v) is 6.65. The Hall–Kier alpha value is -2.01. The molecule has 1 aromatic heterocycles. The van der Waals surface area contributed by atoms with Crippen LogP contribution in [0.1, 0.15) is 18.4 Å². The zero-order chi connectivity index (χ0) is 13.9. The van der Waals surface area contributed by atoms with Gasteiger partial charge in [0.2, 0.25) is 5.88 Å². The molecule has 0 atom stereocenters. The molecule has 0 unspecified atom stereocenters. The predicted octanol–water partition coefficient (Wildman–Crippen LogP) is 2.54. The van der Waals surface area contributed by atoms with Gasteiger partial charge in [-0.15, -0.1) is 0 Å². The molecule has 0 aliphatic heterocycles. The summed E-state index contributed by atoms with van der Waals surface area (Å²) in [5.41, 5.74) is 1.89. The summed E-state index contributed by atoms with van der Waals surface area (Å²) in [6.07, 6.45) is 5.50. The van der Waals surface area contributed by atoms with E-state index in [4.69, 9.17) is 4.74 Å². The highest BCUT2D eigenvalue weighted by Crippen LogP contribution is 2.27. The number of methoxy groups -OCH3 is 1. The second-order valence-corrected chi connectivity index (χ2v) is 4.88. The summed E-state index contributed by atoms with van der Waals surface area (Å²) in [5.74, 6) is 0.166. The Labute approximate surface area is 117 Å². The van der Waals surface area contributed by atoms with Crippen molar-refractivity contribution in [3.8, 4) is 17.1 Å². The topological polar surface area (TPSA) is 47.0 Å². The van der Waals surface area contributed by atoms with Crippen LogP contribution in [-0.4, -0.2) is 23.1 Å². The monoisotopic (exact) mass is 273 g/mol. The maximum atomic E-state index is 14.1. The number of aromatic nitrogens is 2. The third-order valence-corrected chi connectivity index (χ3v) is 3.34. The highest BCUT2D eigenvalue weighted by Gasteiger charge is 2.20. The Morgan fingerprint density at radius 2 is 2.10 bits per heavy atom. The van der Waals surface area contributed by atoms with E-state index in [1.165, 1.54) is 26.0 Å². The van der Waals surface area contributed by atoms with Crippen LogP contribution in [0.25, 0.3) is 11.3 Å². The van der Waals surface area contributed by atoms with Gasteiger partial charge < -0.3 is 10.1 Å².